The van der Waals surface area contributed by atoms with Gasteiger partial charge in [-0.05, 0) is 30.4 Å². The fourth-order valence-electron chi connectivity index (χ4n) is 2.72. The maximum atomic E-state index is 10.3. The van der Waals surface area contributed by atoms with Crippen molar-refractivity contribution >= 4 is 0 Å². The van der Waals surface area contributed by atoms with E-state index in [0.29, 0.717) is 12.5 Å². The van der Waals surface area contributed by atoms with Crippen LogP contribution >= 0.6 is 0 Å². The number of nitrogens with zero attached hydrogens (tertiary/aromatic N) is 1. The highest BCUT2D eigenvalue weighted by Crippen LogP contribution is 2.52. The Bertz CT molecular complexity index is 320. The number of rotatable bonds is 3. The van der Waals surface area contributed by atoms with Gasteiger partial charge in [-0.3, -0.25) is 4.98 Å². The predicted octanol–water partition coefficient (Wildman–Crippen LogP) is 1.49. The summed E-state index contributed by atoms with van der Waals surface area (Å²) in [5.74, 6) is 0.680. The van der Waals surface area contributed by atoms with Gasteiger partial charge in [-0.25, -0.2) is 0 Å². The molecule has 0 radical (unpaired) electrons. The quantitative estimate of drug-likeness (QED) is 0.787. The van der Waals surface area contributed by atoms with E-state index < -0.39 is 6.10 Å². The van der Waals surface area contributed by atoms with Crippen LogP contribution < -0.4 is 5.73 Å². The molecule has 0 spiro atoms. The van der Waals surface area contributed by atoms with Crippen LogP contribution in [0.25, 0.3) is 0 Å². The molecule has 0 unspecified atom stereocenters. The minimum Gasteiger partial charge on any atom is -0.388 e. The maximum Gasteiger partial charge on any atom is 0.0873 e. The van der Waals surface area contributed by atoms with Crippen LogP contribution in [0.5, 0.6) is 0 Å². The van der Waals surface area contributed by atoms with Crippen LogP contribution in [-0.4, -0.2) is 16.6 Å². The first-order valence-corrected chi connectivity index (χ1v) is 5.46. The molecule has 0 bridgehead atoms. The Labute approximate surface area is 90.3 Å². The smallest absolute Gasteiger partial charge is 0.0873 e. The second kappa shape index (κ2) is 3.91. The molecule has 1 atom stereocenters. The van der Waals surface area contributed by atoms with Crippen molar-refractivity contribution in [2.75, 3.05) is 6.54 Å². The van der Waals surface area contributed by atoms with Crippen molar-refractivity contribution in [3.05, 3.63) is 30.1 Å². The Morgan fingerprint density at radius 2 is 2.40 bits per heavy atom. The van der Waals surface area contributed by atoms with Gasteiger partial charge in [0.25, 0.3) is 0 Å². The lowest BCUT2D eigenvalue weighted by Gasteiger charge is -2.49. The molecule has 1 heterocycles. The molecule has 0 amide bonds. The normalized spacial score (nSPS) is 32.1. The molecular formula is C12H18N2O. The summed E-state index contributed by atoms with van der Waals surface area (Å²) in [5, 5.41) is 10.3. The molecule has 1 aromatic heterocycles. The summed E-state index contributed by atoms with van der Waals surface area (Å²) in [6.45, 7) is 2.75. The van der Waals surface area contributed by atoms with Gasteiger partial charge in [-0.15, -0.1) is 0 Å². The van der Waals surface area contributed by atoms with E-state index >= 15 is 0 Å². The predicted molar refractivity (Wildman–Crippen MR) is 59.1 cm³/mol. The van der Waals surface area contributed by atoms with Gasteiger partial charge in [-0.1, -0.05) is 13.0 Å². The molecule has 15 heavy (non-hydrogen) atoms. The zero-order chi connectivity index (χ0) is 10.9. The van der Waals surface area contributed by atoms with Gasteiger partial charge < -0.3 is 10.8 Å². The summed E-state index contributed by atoms with van der Waals surface area (Å²) in [5.41, 5.74) is 6.56. The van der Waals surface area contributed by atoms with Crippen LogP contribution in [0.2, 0.25) is 0 Å². The molecule has 3 N–H and O–H groups in total. The van der Waals surface area contributed by atoms with Gasteiger partial charge in [0.2, 0.25) is 0 Å². The summed E-state index contributed by atoms with van der Waals surface area (Å²) < 4.78 is 0. The van der Waals surface area contributed by atoms with Crippen molar-refractivity contribution in [3.8, 4) is 0 Å². The van der Waals surface area contributed by atoms with Gasteiger partial charge in [0.05, 0.1) is 6.10 Å². The van der Waals surface area contributed by atoms with Gasteiger partial charge >= 0.3 is 0 Å². The molecular weight excluding hydrogens is 188 g/mol. The zero-order valence-corrected chi connectivity index (χ0v) is 9.06. The second-order valence-corrected chi connectivity index (χ2v) is 4.77. The number of hydrogen-bond donors (Lipinski definition) is 2. The van der Waals surface area contributed by atoms with Crippen molar-refractivity contribution in [1.29, 1.82) is 0 Å². The third kappa shape index (κ3) is 1.77. The summed E-state index contributed by atoms with van der Waals surface area (Å²) in [7, 11) is 0. The number of pyridine rings is 1. The highest BCUT2D eigenvalue weighted by Gasteiger charge is 2.46. The van der Waals surface area contributed by atoms with E-state index in [2.05, 4.69) is 11.9 Å². The van der Waals surface area contributed by atoms with Gasteiger partial charge in [0, 0.05) is 24.4 Å². The van der Waals surface area contributed by atoms with E-state index in [1.807, 2.05) is 12.1 Å². The lowest BCUT2D eigenvalue weighted by molar-refractivity contribution is -0.0603. The zero-order valence-electron chi connectivity index (χ0n) is 9.06. The van der Waals surface area contributed by atoms with Crippen molar-refractivity contribution < 1.29 is 5.11 Å². The fraction of sp³-hybridized carbons (Fsp3) is 0.583. The molecule has 1 aliphatic carbocycles. The van der Waals surface area contributed by atoms with E-state index in [1.54, 1.807) is 12.4 Å². The lowest BCUT2D eigenvalue weighted by atomic mass is 9.58. The highest BCUT2D eigenvalue weighted by atomic mass is 16.3. The standard InChI is InChI=1S/C12H18N2O/c1-9-5-12(6-9,8-13)11(15)10-3-2-4-14-7-10/h2-4,7,9,11,15H,5-6,8,13H2,1H3/t9?,11-,12?/m1/s1. The molecule has 1 aliphatic rings. The van der Waals surface area contributed by atoms with E-state index in [4.69, 9.17) is 5.73 Å². The third-order valence-electron chi connectivity index (χ3n) is 3.50. The van der Waals surface area contributed by atoms with Crippen molar-refractivity contribution in [2.24, 2.45) is 17.1 Å². The summed E-state index contributed by atoms with van der Waals surface area (Å²) in [4.78, 5) is 4.03. The Balaban J connectivity index is 2.17. The molecule has 0 aliphatic heterocycles. The molecule has 0 saturated heterocycles. The van der Waals surface area contributed by atoms with Crippen LogP contribution in [-0.2, 0) is 0 Å². The first kappa shape index (κ1) is 10.6. The van der Waals surface area contributed by atoms with Gasteiger partial charge in [-0.2, -0.15) is 0 Å². The summed E-state index contributed by atoms with van der Waals surface area (Å²) in [6, 6.07) is 3.77. The minimum absolute atomic E-state index is 0.109. The number of nitrogens with two attached hydrogens (primary N) is 1. The molecule has 82 valence electrons. The number of aliphatic hydroxyl groups excluding tert-OH is 1. The monoisotopic (exact) mass is 206 g/mol. The molecule has 1 aromatic rings. The topological polar surface area (TPSA) is 59.1 Å². The first-order valence-electron chi connectivity index (χ1n) is 5.46. The Kier molecular flexibility index (Phi) is 2.76. The van der Waals surface area contributed by atoms with Gasteiger partial charge in [0.15, 0.2) is 0 Å². The number of aliphatic hydroxyl groups is 1. The average Bonchev–Trinajstić information content (AvgIpc) is 2.25. The number of hydrogen-bond acceptors (Lipinski definition) is 3. The largest absolute Gasteiger partial charge is 0.388 e. The van der Waals surface area contributed by atoms with Crippen molar-refractivity contribution in [2.45, 2.75) is 25.9 Å². The van der Waals surface area contributed by atoms with E-state index in [1.165, 1.54) is 0 Å². The molecule has 1 fully saturated rings. The SMILES string of the molecule is CC1CC(CN)([C@H](O)c2cccnc2)C1. The van der Waals surface area contributed by atoms with Crippen molar-refractivity contribution in [1.82, 2.24) is 4.98 Å². The minimum atomic E-state index is -0.465. The van der Waals surface area contributed by atoms with E-state index in [-0.39, 0.29) is 5.41 Å². The Morgan fingerprint density at radius 3 is 2.87 bits per heavy atom. The molecule has 0 aromatic carbocycles. The van der Waals surface area contributed by atoms with Gasteiger partial charge in [0.1, 0.15) is 0 Å². The van der Waals surface area contributed by atoms with Crippen LogP contribution in [0.4, 0.5) is 0 Å². The highest BCUT2D eigenvalue weighted by molar-refractivity contribution is 5.17. The van der Waals surface area contributed by atoms with Crippen molar-refractivity contribution in [3.63, 3.8) is 0 Å². The van der Waals surface area contributed by atoms with Crippen LogP contribution in [0.15, 0.2) is 24.5 Å². The third-order valence-corrected chi connectivity index (χ3v) is 3.50. The van der Waals surface area contributed by atoms with E-state index in [9.17, 15) is 5.11 Å². The maximum absolute atomic E-state index is 10.3. The second-order valence-electron chi connectivity index (χ2n) is 4.77. The van der Waals surface area contributed by atoms with E-state index in [0.717, 1.165) is 18.4 Å². The average molecular weight is 206 g/mol. The van der Waals surface area contributed by atoms with Crippen LogP contribution in [0.1, 0.15) is 31.4 Å². The summed E-state index contributed by atoms with van der Waals surface area (Å²) >= 11 is 0. The van der Waals surface area contributed by atoms with Crippen LogP contribution in [0.3, 0.4) is 0 Å². The first-order chi connectivity index (χ1) is 7.18. The Morgan fingerprint density at radius 1 is 1.67 bits per heavy atom. The lowest BCUT2D eigenvalue weighted by Crippen LogP contribution is -2.46. The fourth-order valence-corrected chi connectivity index (χ4v) is 2.72. The molecule has 3 heteroatoms. The Hall–Kier alpha value is -0.930. The molecule has 3 nitrogen and oxygen atoms in total. The number of aromatic nitrogens is 1. The van der Waals surface area contributed by atoms with Crippen LogP contribution in [0, 0.1) is 11.3 Å². The molecule has 2 rings (SSSR count). The molecule has 1 saturated carbocycles. The summed E-state index contributed by atoms with van der Waals surface area (Å²) in [6.07, 6.45) is 5.01.